The first-order valence-corrected chi connectivity index (χ1v) is 57.2. The summed E-state index contributed by atoms with van der Waals surface area (Å²) in [7, 11) is -3.63. The van der Waals surface area contributed by atoms with E-state index in [9.17, 15) is 10.2 Å². The van der Waals surface area contributed by atoms with Crippen molar-refractivity contribution in [1.82, 2.24) is 0 Å². The Hall–Kier alpha value is -2.62. The third kappa shape index (κ3) is 15.0. The summed E-state index contributed by atoms with van der Waals surface area (Å²) < 4.78 is 67.7. The van der Waals surface area contributed by atoms with Crippen molar-refractivity contribution < 1.29 is 57.0 Å². The molecule has 16 aliphatic carbocycles. The molecule has 0 aromatic carbocycles. The van der Waals surface area contributed by atoms with Gasteiger partial charge in [0.1, 0.15) is 5.60 Å². The molecule has 15 nitrogen and oxygen atoms in total. The van der Waals surface area contributed by atoms with Crippen molar-refractivity contribution in [3.8, 4) is 11.8 Å². The highest BCUT2D eigenvalue weighted by molar-refractivity contribution is 6.74. The first-order valence-electron chi connectivity index (χ1n) is 51.4. The molecule has 4 aliphatic heterocycles. The lowest BCUT2D eigenvalue weighted by Gasteiger charge is -2.64. The molecule has 0 radical (unpaired) electrons. The number of hydrogen-bond acceptors (Lipinski definition) is 13. The van der Waals surface area contributed by atoms with Gasteiger partial charge in [0.15, 0.2) is 39.8 Å². The third-order valence-corrected chi connectivity index (χ3v) is 52.3. The van der Waals surface area contributed by atoms with E-state index in [-0.39, 0.29) is 109 Å². The molecule has 0 aromatic heterocycles. The van der Waals surface area contributed by atoms with E-state index in [2.05, 4.69) is 237 Å². The van der Waals surface area contributed by atoms with E-state index in [0.29, 0.717) is 112 Å². The lowest BCUT2D eigenvalue weighted by Crippen LogP contribution is -2.64. The zero-order valence-corrected chi connectivity index (χ0v) is 85.9. The summed E-state index contributed by atoms with van der Waals surface area (Å²) in [4.78, 5) is 3.12. The van der Waals surface area contributed by atoms with Gasteiger partial charge in [-0.1, -0.05) is 128 Å². The minimum atomic E-state index is -1.83. The first kappa shape index (κ1) is 95.1. The molecule has 4 heterocycles. The molecule has 0 amide bonds. The summed E-state index contributed by atoms with van der Waals surface area (Å²) in [6.07, 6.45) is 33.5. The molecule has 20 fully saturated rings. The van der Waals surface area contributed by atoms with Gasteiger partial charge in [-0.15, -0.1) is 23.1 Å². The lowest BCUT2D eigenvalue weighted by molar-refractivity contribution is -0.197. The van der Waals surface area contributed by atoms with Crippen LogP contribution >= 0.6 is 0 Å². The molecular weight excluding hydrogens is 1600 g/mol. The highest BCUT2D eigenvalue weighted by Crippen LogP contribution is 2.76. The van der Waals surface area contributed by atoms with Crippen molar-refractivity contribution >= 4 is 16.6 Å². The monoisotopic (exact) mass is 1770 g/mol. The molecule has 17 heteroatoms. The number of azide groups is 1. The Labute approximate surface area is 765 Å². The van der Waals surface area contributed by atoms with Crippen LogP contribution in [0.4, 0.5) is 0 Å². The van der Waals surface area contributed by atoms with Gasteiger partial charge in [0.25, 0.3) is 0 Å². The van der Waals surface area contributed by atoms with Crippen LogP contribution in [0, 0.1) is 150 Å². The van der Waals surface area contributed by atoms with Gasteiger partial charge in [-0.25, -0.2) is 0 Å². The van der Waals surface area contributed by atoms with E-state index in [1.165, 1.54) is 93.8 Å². The highest BCUT2D eigenvalue weighted by atomic mass is 28.4. The van der Waals surface area contributed by atoms with Crippen LogP contribution in [0.3, 0.4) is 0 Å². The Morgan fingerprint density at radius 2 is 0.683 bits per heavy atom. The van der Waals surface area contributed by atoms with Crippen molar-refractivity contribution in [2.24, 2.45) is 143 Å². The topological polar surface area (TPSA) is 182 Å². The molecule has 704 valence electrons. The van der Waals surface area contributed by atoms with Crippen LogP contribution in [0.2, 0.25) is 36.3 Å². The predicted octanol–water partition coefficient (Wildman–Crippen LogP) is 25.8. The van der Waals surface area contributed by atoms with Gasteiger partial charge in [0.05, 0.1) is 54.9 Å². The van der Waals surface area contributed by atoms with Crippen LogP contribution in [0.5, 0.6) is 0 Å². The van der Waals surface area contributed by atoms with Gasteiger partial charge in [-0.05, 0) is 433 Å². The van der Waals surface area contributed by atoms with Crippen LogP contribution in [-0.2, 0) is 46.7 Å². The van der Waals surface area contributed by atoms with E-state index in [1.807, 2.05) is 6.92 Å². The number of rotatable bonds is 5. The normalized spacial score (nSPS) is 51.2. The summed E-state index contributed by atoms with van der Waals surface area (Å²) in [5, 5.41) is 26.8. The van der Waals surface area contributed by atoms with Crippen molar-refractivity contribution in [2.75, 3.05) is 0 Å². The molecule has 16 unspecified atom stereocenters. The Morgan fingerprint density at radius 1 is 0.381 bits per heavy atom. The molecule has 0 aromatic rings. The summed E-state index contributed by atoms with van der Waals surface area (Å²) in [5.74, 6) is 13.1. The Kier molecular flexibility index (Phi) is 24.2. The standard InChI is InChI=1S/C31H52O4Si.C30H50O3Si.C24H35N3O2.C24H36O3/c1-11-15-31(32)18-14-22-24-21(13-17-30(22,31)8)29(7)16-12-20(35-36(9,10)27(2,3)4)19-23(29)25-26(24)34-28(5,6)33-25;1-11-19-12-13-21-24-22(15-17-29(19,21)7)30(8)16-14-20(33-34(9,10)27(2,3)4)18-23(30)25-26(24)32-28(5,6)31-25;1-6-14-7-8-16-19-17(10-12-23(14,16)4)24(5)11-9-15(26-27-25)13-18(24)20-21(19)29-22(2,3)28-20;1-6-14-7-8-16-19-17(10-12-23(14,16)4)24(5)11-9-15(25)13-18(24)20-21(19)27-22(2,3)26-20/h20-26,32H,12-14,16-19H2,1-10H3;20-26H,1,12-18H2,2-10H3;15-21H,1,7-13H2,2-5H3;15-21,25H,1,7-13H2,2-5H3/t20-,21?,22?,23?,24?,25-,26-,29-,30+,31+;20-,21?,22?,23?,24?,25-,26-,29-,30-;15-,16?,17?,18?,19?,20+,21+,23+,24+;15-,16?,17?,18?,19?,20-,21-,23-,24-/m1101/s1. The van der Waals surface area contributed by atoms with E-state index >= 15 is 0 Å². The third-order valence-electron chi connectivity index (χ3n) is 43.2. The Morgan fingerprint density at radius 3 is 1.02 bits per heavy atom. The van der Waals surface area contributed by atoms with Crippen LogP contribution in [0.1, 0.15) is 339 Å². The Balaban J connectivity index is 0.000000119. The average molecular weight is 1770 g/mol. The van der Waals surface area contributed by atoms with Gasteiger partial charge in [-0.3, -0.25) is 0 Å². The second kappa shape index (κ2) is 32.0. The number of allylic oxidation sites excluding steroid dienone is 3. The van der Waals surface area contributed by atoms with Crippen molar-refractivity contribution in [3.63, 3.8) is 0 Å². The number of hydrogen-bond donors (Lipinski definition) is 2. The number of aliphatic hydroxyl groups excluding tert-OH is 1. The summed E-state index contributed by atoms with van der Waals surface area (Å²) in [5.41, 5.74) is 24.0. The molecular formula is C109H173N3O12Si2. The fourth-order valence-corrected chi connectivity index (χ4v) is 37.7. The maximum atomic E-state index is 11.7. The number of aliphatic hydroxyl groups is 2. The molecule has 126 heavy (non-hydrogen) atoms. The van der Waals surface area contributed by atoms with Gasteiger partial charge in [0, 0.05) is 28.6 Å². The van der Waals surface area contributed by atoms with E-state index in [0.717, 1.165) is 103 Å². The van der Waals surface area contributed by atoms with Gasteiger partial charge in [-0.2, -0.15) is 0 Å². The molecule has 20 aliphatic rings. The number of ether oxygens (including phenoxy) is 8. The summed E-state index contributed by atoms with van der Waals surface area (Å²) in [6, 6.07) is 0.0956. The van der Waals surface area contributed by atoms with E-state index < -0.39 is 45.4 Å². The average Bonchev–Trinajstić information content (AvgIpc) is 1.52. The number of fused-ring (bicyclic) bond motifs is 32. The predicted molar refractivity (Wildman–Crippen MR) is 505 cm³/mol. The fourth-order valence-electron chi connectivity index (χ4n) is 34.9. The second-order valence-electron chi connectivity index (χ2n) is 52.7. The lowest BCUT2D eigenvalue weighted by atomic mass is 9.43. The van der Waals surface area contributed by atoms with E-state index in [4.69, 9.17) is 52.3 Å². The molecule has 37 atom stereocenters. The maximum Gasteiger partial charge on any atom is 0.192 e. The van der Waals surface area contributed by atoms with Crippen molar-refractivity contribution in [1.29, 1.82) is 0 Å². The zero-order chi connectivity index (χ0) is 91.2. The molecule has 0 bridgehead atoms. The van der Waals surface area contributed by atoms with Crippen LogP contribution < -0.4 is 0 Å². The van der Waals surface area contributed by atoms with Crippen molar-refractivity contribution in [3.05, 3.63) is 64.1 Å². The smallest absolute Gasteiger partial charge is 0.192 e. The minimum Gasteiger partial charge on any atom is -0.414 e. The van der Waals surface area contributed by atoms with Gasteiger partial charge in [0.2, 0.25) is 0 Å². The van der Waals surface area contributed by atoms with Crippen LogP contribution in [0.15, 0.2) is 58.8 Å². The summed E-state index contributed by atoms with van der Waals surface area (Å²) in [6.45, 7) is 74.4. The largest absolute Gasteiger partial charge is 0.414 e. The van der Waals surface area contributed by atoms with Crippen LogP contribution in [-0.4, -0.2) is 129 Å². The highest BCUT2D eigenvalue weighted by Gasteiger charge is 2.75. The molecule has 16 saturated carbocycles. The van der Waals surface area contributed by atoms with Crippen LogP contribution in [0.25, 0.3) is 10.4 Å². The summed E-state index contributed by atoms with van der Waals surface area (Å²) >= 11 is 0. The number of nitrogens with zero attached hydrogens (tertiary/aromatic N) is 3. The maximum absolute atomic E-state index is 11.7. The Bertz CT molecular complexity index is 4430. The van der Waals surface area contributed by atoms with E-state index in [1.54, 1.807) is 0 Å². The zero-order valence-electron chi connectivity index (χ0n) is 83.9. The quantitative estimate of drug-likeness (QED) is 0.0665. The molecule has 2 N–H and O–H groups in total. The molecule has 0 spiro atoms. The minimum absolute atomic E-state index is 0.0938. The molecule has 20 rings (SSSR count). The van der Waals surface area contributed by atoms with Gasteiger partial charge < -0.3 is 57.0 Å². The first-order chi connectivity index (χ1) is 58.5. The van der Waals surface area contributed by atoms with Gasteiger partial charge >= 0.3 is 0 Å². The molecule has 4 saturated heterocycles. The SMILES string of the molecule is C=C=C1CCC2C3C(CC[C@]12C)[C@@]1(C)CC[C@@H](O)CC1[C@H]1OC(C)(C)O[C@H]31.C=C=C1CCC2C3C(CC[C@]12C)[C@@]1(C)CC[C@@H](O[Si](C)(C)C(C)(C)C)CC1[C@H]1OC(C)(C)O[C@H]31.C=C=C1CCC2C3C(CC[C@]12C)[C@@]1(C)CC[C@H](N=[N+]=[N-])CC1[C@H]1OC(C)(C)O[C@H]31.CC#C[C@]1(O)CCC2C3C(CC[C@@]21C)[C@@]1(C)CC[C@@H](O[Si](C)(C)C(C)(C)C)CC1[C@H]1OC(C)(C)O[C@H]31. The fraction of sp³-hybridized carbons (Fsp3) is 0.899. The second-order valence-corrected chi connectivity index (χ2v) is 62.2. The van der Waals surface area contributed by atoms with Crippen molar-refractivity contribution in [2.45, 2.75) is 477 Å².